The summed E-state index contributed by atoms with van der Waals surface area (Å²) in [6.45, 7) is 11.6. The molecular formula is C52H74Cl2N2O4. The van der Waals surface area contributed by atoms with E-state index in [9.17, 15) is 0 Å². The molecular weight excluding hydrogens is 787 g/mol. The Morgan fingerprint density at radius 3 is 0.867 bits per heavy atom. The molecule has 5 rings (SSSR count). The third-order valence-electron chi connectivity index (χ3n) is 11.7. The van der Waals surface area contributed by atoms with Crippen LogP contribution in [0.2, 0.25) is 10.0 Å². The Kier molecular flexibility index (Phi) is 21.5. The van der Waals surface area contributed by atoms with Crippen LogP contribution >= 0.6 is 23.2 Å². The first kappa shape index (κ1) is 47.8. The number of hydrogen-bond acceptors (Lipinski definition) is 6. The minimum Gasteiger partial charge on any atom is -0.490 e. The Bertz CT molecular complexity index is 1890. The second-order valence-electron chi connectivity index (χ2n) is 16.8. The highest BCUT2D eigenvalue weighted by atomic mass is 35.5. The summed E-state index contributed by atoms with van der Waals surface area (Å²) in [6.07, 6.45) is 28.8. The smallest absolute Gasteiger partial charge is 0.161 e. The van der Waals surface area contributed by atoms with Crippen molar-refractivity contribution >= 4 is 66.8 Å². The highest BCUT2D eigenvalue weighted by Gasteiger charge is 2.20. The second kappa shape index (κ2) is 27.0. The molecule has 0 saturated heterocycles. The van der Waals surface area contributed by atoms with E-state index < -0.39 is 0 Å². The van der Waals surface area contributed by atoms with Crippen molar-refractivity contribution in [3.63, 3.8) is 0 Å². The molecule has 0 unspecified atom stereocenters. The zero-order valence-corrected chi connectivity index (χ0v) is 39.1. The van der Waals surface area contributed by atoms with Gasteiger partial charge in [-0.05, 0) is 72.9 Å². The van der Waals surface area contributed by atoms with Gasteiger partial charge in [0.1, 0.15) is 0 Å². The van der Waals surface area contributed by atoms with Crippen LogP contribution in [0.1, 0.15) is 182 Å². The first-order chi connectivity index (χ1) is 29.5. The largest absolute Gasteiger partial charge is 0.490 e. The van der Waals surface area contributed by atoms with Gasteiger partial charge in [0.2, 0.25) is 0 Å². The predicted molar refractivity (Wildman–Crippen MR) is 258 cm³/mol. The van der Waals surface area contributed by atoms with E-state index in [1.165, 1.54) is 103 Å². The van der Waals surface area contributed by atoms with Gasteiger partial charge in [-0.25, -0.2) is 9.97 Å². The van der Waals surface area contributed by atoms with Crippen LogP contribution in [0.4, 0.5) is 0 Å². The molecule has 8 heteroatoms. The van der Waals surface area contributed by atoms with E-state index in [-0.39, 0.29) is 0 Å². The lowest BCUT2D eigenvalue weighted by molar-refractivity contribution is 0.259. The molecule has 0 radical (unpaired) electrons. The minimum atomic E-state index is 0.453. The topological polar surface area (TPSA) is 62.7 Å². The molecule has 60 heavy (non-hydrogen) atoms. The van der Waals surface area contributed by atoms with Gasteiger partial charge in [0.05, 0.1) is 58.5 Å². The van der Waals surface area contributed by atoms with Crippen LogP contribution in [0, 0.1) is 0 Å². The van der Waals surface area contributed by atoms with Gasteiger partial charge in [0.15, 0.2) is 23.0 Å². The Balaban J connectivity index is 1.59. The van der Waals surface area contributed by atoms with Crippen LogP contribution in [-0.2, 0) is 0 Å². The van der Waals surface area contributed by atoms with Crippen molar-refractivity contribution in [2.24, 2.45) is 0 Å². The van der Waals surface area contributed by atoms with E-state index in [0.717, 1.165) is 107 Å². The van der Waals surface area contributed by atoms with Crippen molar-refractivity contribution in [2.45, 2.75) is 182 Å². The van der Waals surface area contributed by atoms with Gasteiger partial charge in [-0.1, -0.05) is 179 Å². The summed E-state index contributed by atoms with van der Waals surface area (Å²) in [5.74, 6) is 3.03. The molecule has 5 aromatic rings. The van der Waals surface area contributed by atoms with Gasteiger partial charge in [-0.2, -0.15) is 0 Å². The molecule has 4 aromatic carbocycles. The molecule has 0 bridgehead atoms. The zero-order chi connectivity index (χ0) is 42.4. The van der Waals surface area contributed by atoms with Crippen molar-refractivity contribution in [3.8, 4) is 23.0 Å². The summed E-state index contributed by atoms with van der Waals surface area (Å²) < 4.78 is 26.5. The number of rotatable bonds is 32. The Morgan fingerprint density at radius 2 is 0.583 bits per heavy atom. The highest BCUT2D eigenvalue weighted by molar-refractivity contribution is 6.42. The second-order valence-corrected chi connectivity index (χ2v) is 17.6. The number of nitrogens with zero attached hydrogens (tertiary/aromatic N) is 2. The molecule has 0 aliphatic rings. The summed E-state index contributed by atoms with van der Waals surface area (Å²) in [5, 5.41) is 4.84. The van der Waals surface area contributed by atoms with Crippen molar-refractivity contribution < 1.29 is 18.9 Å². The van der Waals surface area contributed by atoms with Crippen LogP contribution in [0.5, 0.6) is 23.0 Å². The third-order valence-corrected chi connectivity index (χ3v) is 12.4. The third kappa shape index (κ3) is 14.4. The summed E-state index contributed by atoms with van der Waals surface area (Å²) in [6, 6.07) is 12.2. The molecule has 0 spiro atoms. The fourth-order valence-corrected chi connectivity index (χ4v) is 8.41. The molecule has 0 fully saturated rings. The first-order valence-electron chi connectivity index (χ1n) is 24.0. The number of aromatic nitrogens is 2. The molecule has 0 atom stereocenters. The average molecular weight is 862 g/mol. The van der Waals surface area contributed by atoms with Crippen LogP contribution < -0.4 is 18.9 Å². The number of unbranched alkanes of at least 4 members (excludes halogenated alkanes) is 20. The lowest BCUT2D eigenvalue weighted by atomic mass is 9.97. The van der Waals surface area contributed by atoms with Gasteiger partial charge in [-0.15, -0.1) is 0 Å². The predicted octanol–water partition coefficient (Wildman–Crippen LogP) is 17.4. The fraction of sp³-hybridized carbons (Fsp3) is 0.615. The maximum Gasteiger partial charge on any atom is 0.161 e. The summed E-state index contributed by atoms with van der Waals surface area (Å²) in [5.41, 5.74) is 2.93. The quantitative estimate of drug-likeness (QED) is 0.0244. The fourth-order valence-electron chi connectivity index (χ4n) is 8.09. The summed E-state index contributed by atoms with van der Waals surface area (Å²) >= 11 is 13.1. The number of fused-ring (bicyclic) bond motifs is 7. The summed E-state index contributed by atoms with van der Waals surface area (Å²) in [7, 11) is 0. The van der Waals surface area contributed by atoms with Crippen LogP contribution in [0.15, 0.2) is 36.4 Å². The molecule has 1 aromatic heterocycles. The molecule has 330 valence electrons. The van der Waals surface area contributed by atoms with Crippen LogP contribution in [-0.4, -0.2) is 36.4 Å². The molecule has 0 aliphatic heterocycles. The van der Waals surface area contributed by atoms with Gasteiger partial charge in [-0.3, -0.25) is 0 Å². The monoisotopic (exact) mass is 861 g/mol. The number of hydrogen-bond donors (Lipinski definition) is 0. The van der Waals surface area contributed by atoms with Crippen molar-refractivity contribution in [3.05, 3.63) is 46.4 Å². The Hall–Kier alpha value is -3.22. The number of halogens is 2. The maximum absolute atomic E-state index is 6.65. The van der Waals surface area contributed by atoms with Gasteiger partial charge >= 0.3 is 0 Å². The first-order valence-corrected chi connectivity index (χ1v) is 24.8. The summed E-state index contributed by atoms with van der Waals surface area (Å²) in [4.78, 5) is 10.5. The Morgan fingerprint density at radius 1 is 0.333 bits per heavy atom. The van der Waals surface area contributed by atoms with Crippen LogP contribution in [0.25, 0.3) is 43.6 Å². The normalized spacial score (nSPS) is 11.7. The molecule has 0 amide bonds. The van der Waals surface area contributed by atoms with Gasteiger partial charge in [0.25, 0.3) is 0 Å². The molecule has 0 saturated carbocycles. The van der Waals surface area contributed by atoms with E-state index in [4.69, 9.17) is 52.1 Å². The molecule has 0 aliphatic carbocycles. The molecule has 0 N–H and O–H groups in total. The highest BCUT2D eigenvalue weighted by Crippen LogP contribution is 2.44. The lowest BCUT2D eigenvalue weighted by Gasteiger charge is -2.19. The lowest BCUT2D eigenvalue weighted by Crippen LogP contribution is -2.04. The van der Waals surface area contributed by atoms with E-state index >= 15 is 0 Å². The molecule has 1 heterocycles. The molecule has 6 nitrogen and oxygen atoms in total. The van der Waals surface area contributed by atoms with Crippen molar-refractivity contribution in [1.29, 1.82) is 0 Å². The van der Waals surface area contributed by atoms with E-state index in [1.807, 2.05) is 12.1 Å². The Labute approximate surface area is 371 Å². The standard InChI is InChI=1S/C52H74Cl2N2O4/c1-5-9-13-17-21-25-29-57-47-33-39-40-34-48(58-30-26-22-18-14-10-6-2)50(60-32-28-24-20-16-12-8-4)36-42(40)52-51(55-45-37-43(53)44(54)38-46(45)56-52)41(39)35-49(47)59-31-27-23-19-15-11-7-3/h33-38H,5-32H2,1-4H3. The van der Waals surface area contributed by atoms with Gasteiger partial charge in [0, 0.05) is 10.8 Å². The van der Waals surface area contributed by atoms with Crippen LogP contribution in [0.3, 0.4) is 0 Å². The minimum absolute atomic E-state index is 0.453. The van der Waals surface area contributed by atoms with Gasteiger partial charge < -0.3 is 18.9 Å². The van der Waals surface area contributed by atoms with E-state index in [0.29, 0.717) is 47.5 Å². The zero-order valence-electron chi connectivity index (χ0n) is 37.5. The number of ether oxygens (including phenoxy) is 4. The maximum atomic E-state index is 6.65. The SMILES string of the molecule is CCCCCCCCOc1cc2c3cc(OCCCCCCCC)c(OCCCCCCCC)cc3c3nc4cc(Cl)c(Cl)cc4nc3c2cc1OCCCCCCCC. The van der Waals surface area contributed by atoms with E-state index in [1.54, 1.807) is 0 Å². The van der Waals surface area contributed by atoms with Crippen molar-refractivity contribution in [2.75, 3.05) is 26.4 Å². The van der Waals surface area contributed by atoms with E-state index in [2.05, 4.69) is 52.0 Å². The number of benzene rings is 4. The average Bonchev–Trinajstić information content (AvgIpc) is 3.25. The van der Waals surface area contributed by atoms with Crippen molar-refractivity contribution in [1.82, 2.24) is 9.97 Å².